The Bertz CT molecular complexity index is 339. The molecule has 1 aromatic carbocycles. The van der Waals surface area contributed by atoms with Gasteiger partial charge in [0.1, 0.15) is 0 Å². The summed E-state index contributed by atoms with van der Waals surface area (Å²) in [5.41, 5.74) is 2.12. The second-order valence-electron chi connectivity index (χ2n) is 4.16. The second kappa shape index (κ2) is 6.26. The maximum Gasteiger partial charge on any atom is 0.0762 e. The molecule has 3 heteroatoms. The van der Waals surface area contributed by atoms with Gasteiger partial charge in [-0.3, -0.25) is 0 Å². The van der Waals surface area contributed by atoms with Crippen LogP contribution in [0.5, 0.6) is 0 Å². The Morgan fingerprint density at radius 1 is 1.44 bits per heavy atom. The van der Waals surface area contributed by atoms with Crippen LogP contribution in [0.15, 0.2) is 22.7 Å². The van der Waals surface area contributed by atoms with Crippen molar-refractivity contribution in [1.82, 2.24) is 0 Å². The van der Waals surface area contributed by atoms with Crippen LogP contribution in [0.1, 0.15) is 38.4 Å². The third-order valence-corrected chi connectivity index (χ3v) is 3.35. The highest BCUT2D eigenvalue weighted by Crippen LogP contribution is 2.28. The largest absolute Gasteiger partial charge is 0.389 e. The van der Waals surface area contributed by atoms with Crippen LogP contribution in [0.25, 0.3) is 0 Å². The summed E-state index contributed by atoms with van der Waals surface area (Å²) in [5, 5.41) is 9.48. The van der Waals surface area contributed by atoms with Gasteiger partial charge in [0.15, 0.2) is 0 Å². The molecule has 1 N–H and O–H groups in total. The van der Waals surface area contributed by atoms with Crippen molar-refractivity contribution >= 4 is 21.6 Å². The van der Waals surface area contributed by atoms with Crippen LogP contribution in [-0.2, 0) is 0 Å². The van der Waals surface area contributed by atoms with Gasteiger partial charge < -0.3 is 10.0 Å². The van der Waals surface area contributed by atoms with Crippen molar-refractivity contribution in [2.45, 2.75) is 32.8 Å². The van der Waals surface area contributed by atoms with Crippen molar-refractivity contribution in [2.24, 2.45) is 0 Å². The minimum absolute atomic E-state index is 0.411. The molecule has 1 rings (SSSR count). The molecule has 0 aliphatic heterocycles. The average Bonchev–Trinajstić information content (AvgIpc) is 2.25. The highest BCUT2D eigenvalue weighted by Gasteiger charge is 2.08. The first-order chi connectivity index (χ1) is 7.56. The zero-order valence-corrected chi connectivity index (χ0v) is 11.8. The molecule has 90 valence electrons. The predicted molar refractivity (Wildman–Crippen MR) is 73.0 cm³/mol. The van der Waals surface area contributed by atoms with E-state index in [4.69, 9.17) is 0 Å². The molecule has 0 aliphatic rings. The van der Waals surface area contributed by atoms with Gasteiger partial charge in [0, 0.05) is 18.1 Å². The van der Waals surface area contributed by atoms with Gasteiger partial charge in [-0.05, 0) is 47.0 Å². The topological polar surface area (TPSA) is 23.5 Å². The van der Waals surface area contributed by atoms with Crippen molar-refractivity contribution in [3.8, 4) is 0 Å². The van der Waals surface area contributed by atoms with Crippen molar-refractivity contribution in [1.29, 1.82) is 0 Å². The van der Waals surface area contributed by atoms with Gasteiger partial charge in [0.2, 0.25) is 0 Å². The van der Waals surface area contributed by atoms with Crippen LogP contribution >= 0.6 is 15.9 Å². The average molecular weight is 286 g/mol. The van der Waals surface area contributed by atoms with E-state index in [2.05, 4.69) is 40.9 Å². The van der Waals surface area contributed by atoms with E-state index in [-0.39, 0.29) is 0 Å². The summed E-state index contributed by atoms with van der Waals surface area (Å²) in [6, 6.07) is 6.03. The predicted octanol–water partition coefficient (Wildman–Crippen LogP) is 3.74. The molecule has 0 saturated heterocycles. The van der Waals surface area contributed by atoms with Crippen molar-refractivity contribution < 1.29 is 5.11 Å². The third-order valence-electron chi connectivity index (χ3n) is 2.71. The molecule has 0 bridgehead atoms. The maximum absolute atomic E-state index is 9.48. The SMILES string of the molecule is CCCCN(C)c1ccc([C@@H](C)O)cc1Br. The van der Waals surface area contributed by atoms with Crippen LogP contribution in [0.2, 0.25) is 0 Å². The number of aliphatic hydroxyl groups is 1. The molecule has 0 amide bonds. The van der Waals surface area contributed by atoms with Crippen LogP contribution in [-0.4, -0.2) is 18.7 Å². The van der Waals surface area contributed by atoms with Crippen molar-refractivity contribution in [3.05, 3.63) is 28.2 Å². The zero-order valence-electron chi connectivity index (χ0n) is 10.2. The van der Waals surface area contributed by atoms with Crippen LogP contribution in [0.4, 0.5) is 5.69 Å². The van der Waals surface area contributed by atoms with Crippen molar-refractivity contribution in [3.63, 3.8) is 0 Å². The quantitative estimate of drug-likeness (QED) is 0.891. The smallest absolute Gasteiger partial charge is 0.0762 e. The highest BCUT2D eigenvalue weighted by molar-refractivity contribution is 9.10. The molecule has 16 heavy (non-hydrogen) atoms. The Hall–Kier alpha value is -0.540. The summed E-state index contributed by atoms with van der Waals surface area (Å²) in [7, 11) is 2.10. The van der Waals surface area contributed by atoms with E-state index in [1.807, 2.05) is 12.1 Å². The minimum Gasteiger partial charge on any atom is -0.389 e. The Morgan fingerprint density at radius 2 is 2.12 bits per heavy atom. The Balaban J connectivity index is 2.81. The summed E-state index contributed by atoms with van der Waals surface area (Å²) in [6.07, 6.45) is 1.99. The van der Waals surface area contributed by atoms with E-state index in [0.29, 0.717) is 0 Å². The lowest BCUT2D eigenvalue weighted by Crippen LogP contribution is -2.18. The summed E-state index contributed by atoms with van der Waals surface area (Å²) in [5.74, 6) is 0. The minimum atomic E-state index is -0.411. The molecule has 0 spiro atoms. The molecular weight excluding hydrogens is 266 g/mol. The molecule has 0 fully saturated rings. The van der Waals surface area contributed by atoms with E-state index in [9.17, 15) is 5.11 Å². The van der Waals surface area contributed by atoms with Crippen molar-refractivity contribution in [2.75, 3.05) is 18.5 Å². The Labute approximate surface area is 106 Å². The van der Waals surface area contributed by atoms with E-state index in [1.54, 1.807) is 6.92 Å². The van der Waals surface area contributed by atoms with Gasteiger partial charge in [-0.1, -0.05) is 19.4 Å². The number of halogens is 1. The first kappa shape index (κ1) is 13.5. The number of benzene rings is 1. The van der Waals surface area contributed by atoms with Crippen LogP contribution < -0.4 is 4.90 Å². The van der Waals surface area contributed by atoms with E-state index < -0.39 is 6.10 Å². The number of hydrogen-bond acceptors (Lipinski definition) is 2. The number of hydrogen-bond donors (Lipinski definition) is 1. The number of unbranched alkanes of at least 4 members (excludes halogenated alkanes) is 1. The molecule has 0 unspecified atom stereocenters. The van der Waals surface area contributed by atoms with Gasteiger partial charge in [0.05, 0.1) is 11.8 Å². The highest BCUT2D eigenvalue weighted by atomic mass is 79.9. The molecule has 0 saturated carbocycles. The molecular formula is C13H20BrNO. The number of aliphatic hydroxyl groups excluding tert-OH is 1. The fraction of sp³-hybridized carbons (Fsp3) is 0.538. The summed E-state index contributed by atoms with van der Waals surface area (Å²) in [6.45, 7) is 5.03. The summed E-state index contributed by atoms with van der Waals surface area (Å²) in [4.78, 5) is 2.24. The lowest BCUT2D eigenvalue weighted by atomic mass is 10.1. The lowest BCUT2D eigenvalue weighted by molar-refractivity contribution is 0.199. The number of anilines is 1. The summed E-state index contributed by atoms with van der Waals surface area (Å²) >= 11 is 3.56. The number of rotatable bonds is 5. The molecule has 2 nitrogen and oxygen atoms in total. The lowest BCUT2D eigenvalue weighted by Gasteiger charge is -2.21. The van der Waals surface area contributed by atoms with Gasteiger partial charge in [-0.2, -0.15) is 0 Å². The first-order valence-electron chi connectivity index (χ1n) is 5.75. The molecule has 0 aromatic heterocycles. The summed E-state index contributed by atoms with van der Waals surface area (Å²) < 4.78 is 1.05. The second-order valence-corrected chi connectivity index (χ2v) is 5.02. The van der Waals surface area contributed by atoms with Crippen LogP contribution in [0.3, 0.4) is 0 Å². The van der Waals surface area contributed by atoms with Gasteiger partial charge >= 0.3 is 0 Å². The fourth-order valence-electron chi connectivity index (χ4n) is 1.61. The number of nitrogens with zero attached hydrogens (tertiary/aromatic N) is 1. The molecule has 1 atom stereocenters. The van der Waals surface area contributed by atoms with Gasteiger partial charge in [-0.15, -0.1) is 0 Å². The molecule has 0 radical (unpaired) electrons. The van der Waals surface area contributed by atoms with Gasteiger partial charge in [0.25, 0.3) is 0 Å². The standard InChI is InChI=1S/C13H20BrNO/c1-4-5-8-15(3)13-7-6-11(10(2)16)9-12(13)14/h6-7,9-10,16H,4-5,8H2,1-3H3/t10-/m1/s1. The van der Waals surface area contributed by atoms with Gasteiger partial charge in [-0.25, -0.2) is 0 Å². The third kappa shape index (κ3) is 3.49. The van der Waals surface area contributed by atoms with E-state index in [0.717, 1.165) is 16.6 Å². The molecule has 0 aliphatic carbocycles. The zero-order chi connectivity index (χ0) is 12.1. The molecule has 0 heterocycles. The monoisotopic (exact) mass is 285 g/mol. The van der Waals surface area contributed by atoms with Crippen LogP contribution in [0, 0.1) is 0 Å². The molecule has 1 aromatic rings. The van der Waals surface area contributed by atoms with E-state index >= 15 is 0 Å². The normalized spacial score (nSPS) is 12.6. The van der Waals surface area contributed by atoms with E-state index in [1.165, 1.54) is 18.5 Å². The Kier molecular flexibility index (Phi) is 5.29. The fourth-order valence-corrected chi connectivity index (χ4v) is 2.31. The first-order valence-corrected chi connectivity index (χ1v) is 6.54. The maximum atomic E-state index is 9.48. The Morgan fingerprint density at radius 3 is 2.62 bits per heavy atom.